The van der Waals surface area contributed by atoms with Crippen LogP contribution >= 0.6 is 22.9 Å². The third-order valence-electron chi connectivity index (χ3n) is 4.23. The Hall–Kier alpha value is -2.63. The lowest BCUT2D eigenvalue weighted by atomic mass is 10.2. The molecule has 0 unspecified atom stereocenters. The van der Waals surface area contributed by atoms with Crippen molar-refractivity contribution in [1.82, 2.24) is 10.3 Å². The maximum Gasteiger partial charge on any atom is 0.261 e. The highest BCUT2D eigenvalue weighted by Crippen LogP contribution is 2.35. The van der Waals surface area contributed by atoms with Crippen LogP contribution in [-0.2, 0) is 6.54 Å². The smallest absolute Gasteiger partial charge is 0.261 e. The van der Waals surface area contributed by atoms with Gasteiger partial charge in [0.05, 0.1) is 17.0 Å². The van der Waals surface area contributed by atoms with E-state index in [2.05, 4.69) is 10.3 Å². The van der Waals surface area contributed by atoms with Gasteiger partial charge in [0.2, 0.25) is 0 Å². The summed E-state index contributed by atoms with van der Waals surface area (Å²) in [4.78, 5) is 17.7. The number of nitrogens with one attached hydrogen (secondary N) is 1. The summed E-state index contributed by atoms with van der Waals surface area (Å²) in [5.74, 6) is 0.705. The fraction of sp³-hybridized carbons (Fsp3) is 0.143. The predicted octanol–water partition coefficient (Wildman–Crippen LogP) is 5.43. The van der Waals surface area contributed by atoms with Crippen molar-refractivity contribution in [3.63, 3.8) is 0 Å². The third kappa shape index (κ3) is 3.61. The Morgan fingerprint density at radius 1 is 1.15 bits per heavy atom. The van der Waals surface area contributed by atoms with Crippen LogP contribution in [-0.4, -0.2) is 17.5 Å². The van der Waals surface area contributed by atoms with Gasteiger partial charge in [-0.2, -0.15) is 0 Å². The van der Waals surface area contributed by atoms with Crippen LogP contribution in [0.15, 0.2) is 54.6 Å². The van der Waals surface area contributed by atoms with Crippen LogP contribution in [0.2, 0.25) is 5.15 Å². The molecule has 0 radical (unpaired) electrons. The second kappa shape index (κ2) is 7.55. The summed E-state index contributed by atoms with van der Waals surface area (Å²) in [6, 6.07) is 17.3. The average Bonchev–Trinajstić information content (AvgIpc) is 3.14. The molecule has 1 amide bonds. The second-order valence-corrected chi connectivity index (χ2v) is 7.44. The van der Waals surface area contributed by atoms with E-state index >= 15 is 0 Å². The SMILES string of the molecule is CCOc1ccc(CNC(=O)c2cc3c(Cl)nc4ccccc4c3s2)cc1. The van der Waals surface area contributed by atoms with Gasteiger partial charge in [-0.25, -0.2) is 4.98 Å². The molecule has 1 N–H and O–H groups in total. The minimum atomic E-state index is -0.120. The summed E-state index contributed by atoms with van der Waals surface area (Å²) in [5.41, 5.74) is 1.84. The quantitative estimate of drug-likeness (QED) is 0.457. The van der Waals surface area contributed by atoms with Crippen molar-refractivity contribution in [2.24, 2.45) is 0 Å². The van der Waals surface area contributed by atoms with Gasteiger partial charge in [-0.3, -0.25) is 4.79 Å². The fourth-order valence-corrected chi connectivity index (χ4v) is 4.33. The van der Waals surface area contributed by atoms with Crippen LogP contribution in [0.25, 0.3) is 21.0 Å². The molecule has 4 rings (SSSR count). The number of ether oxygens (including phenoxy) is 1. The molecule has 6 heteroatoms. The van der Waals surface area contributed by atoms with Crippen LogP contribution < -0.4 is 10.1 Å². The molecule has 0 aliphatic rings. The Kier molecular flexibility index (Phi) is 4.97. The number of thiophene rings is 1. The van der Waals surface area contributed by atoms with E-state index in [0.717, 1.165) is 32.3 Å². The molecule has 0 fully saturated rings. The third-order valence-corrected chi connectivity index (χ3v) is 5.69. The number of para-hydroxylation sites is 1. The maximum atomic E-state index is 12.6. The van der Waals surface area contributed by atoms with Crippen molar-refractivity contribution in [1.29, 1.82) is 0 Å². The van der Waals surface area contributed by atoms with Crippen molar-refractivity contribution < 1.29 is 9.53 Å². The maximum absolute atomic E-state index is 12.6. The van der Waals surface area contributed by atoms with Crippen LogP contribution in [0.4, 0.5) is 0 Å². The van der Waals surface area contributed by atoms with E-state index < -0.39 is 0 Å². The molecule has 2 aromatic carbocycles. The largest absolute Gasteiger partial charge is 0.494 e. The molecular formula is C21H17ClN2O2S. The number of hydrogen-bond donors (Lipinski definition) is 1. The number of rotatable bonds is 5. The normalized spacial score (nSPS) is 11.0. The molecule has 0 bridgehead atoms. The van der Waals surface area contributed by atoms with E-state index in [1.807, 2.05) is 61.5 Å². The van der Waals surface area contributed by atoms with Gasteiger partial charge in [0.1, 0.15) is 10.9 Å². The van der Waals surface area contributed by atoms with Gasteiger partial charge in [0.25, 0.3) is 5.91 Å². The molecule has 2 aromatic heterocycles. The first-order valence-electron chi connectivity index (χ1n) is 8.63. The first-order valence-corrected chi connectivity index (χ1v) is 9.83. The molecule has 0 aliphatic carbocycles. The van der Waals surface area contributed by atoms with Crippen molar-refractivity contribution in [2.75, 3.05) is 6.61 Å². The minimum absolute atomic E-state index is 0.120. The van der Waals surface area contributed by atoms with E-state index in [4.69, 9.17) is 16.3 Å². The molecule has 4 aromatic rings. The predicted molar refractivity (Wildman–Crippen MR) is 111 cm³/mol. The van der Waals surface area contributed by atoms with Crippen LogP contribution in [0.5, 0.6) is 5.75 Å². The molecule has 0 aliphatic heterocycles. The molecule has 0 spiro atoms. The zero-order valence-electron chi connectivity index (χ0n) is 14.7. The first-order chi connectivity index (χ1) is 13.2. The molecule has 136 valence electrons. The lowest BCUT2D eigenvalue weighted by molar-refractivity contribution is 0.0955. The number of benzene rings is 2. The van der Waals surface area contributed by atoms with Gasteiger partial charge in [-0.05, 0) is 36.8 Å². The van der Waals surface area contributed by atoms with Gasteiger partial charge < -0.3 is 10.1 Å². The summed E-state index contributed by atoms with van der Waals surface area (Å²) < 4.78 is 6.41. The second-order valence-electron chi connectivity index (χ2n) is 6.03. The minimum Gasteiger partial charge on any atom is -0.494 e. The standard InChI is InChI=1S/C21H17ClN2O2S/c1-2-26-14-9-7-13(8-10-14)12-23-21(25)18-11-16-19(27-18)15-5-3-4-6-17(15)24-20(16)22/h3-11H,2,12H2,1H3,(H,23,25). The average molecular weight is 397 g/mol. The van der Waals surface area contributed by atoms with E-state index in [0.29, 0.717) is 23.2 Å². The summed E-state index contributed by atoms with van der Waals surface area (Å²) in [6.45, 7) is 3.03. The van der Waals surface area contributed by atoms with Crippen LogP contribution in [0, 0.1) is 0 Å². The summed E-state index contributed by atoms with van der Waals surface area (Å²) in [5, 5.41) is 5.20. The van der Waals surface area contributed by atoms with Gasteiger partial charge in [0, 0.05) is 22.0 Å². The van der Waals surface area contributed by atoms with Crippen molar-refractivity contribution in [3.05, 3.63) is 70.2 Å². The number of carbonyl (C=O) groups is 1. The number of halogens is 1. The number of amides is 1. The Labute approximate surface area is 165 Å². The van der Waals surface area contributed by atoms with E-state index in [1.165, 1.54) is 11.3 Å². The highest BCUT2D eigenvalue weighted by molar-refractivity contribution is 7.21. The van der Waals surface area contributed by atoms with Crippen molar-refractivity contribution >= 4 is 49.8 Å². The van der Waals surface area contributed by atoms with Crippen molar-refractivity contribution in [2.45, 2.75) is 13.5 Å². The Morgan fingerprint density at radius 3 is 2.70 bits per heavy atom. The Bertz CT molecular complexity index is 1120. The van der Waals surface area contributed by atoms with Crippen molar-refractivity contribution in [3.8, 4) is 5.75 Å². The Morgan fingerprint density at radius 2 is 1.93 bits per heavy atom. The van der Waals surface area contributed by atoms with Crippen LogP contribution in [0.1, 0.15) is 22.2 Å². The van der Waals surface area contributed by atoms with Gasteiger partial charge in [0.15, 0.2) is 0 Å². The zero-order valence-corrected chi connectivity index (χ0v) is 16.2. The number of hydrogen-bond acceptors (Lipinski definition) is 4. The fourth-order valence-electron chi connectivity index (χ4n) is 2.93. The van der Waals surface area contributed by atoms with Crippen LogP contribution in [0.3, 0.4) is 0 Å². The van der Waals surface area contributed by atoms with Gasteiger partial charge in [-0.15, -0.1) is 11.3 Å². The zero-order chi connectivity index (χ0) is 18.8. The first kappa shape index (κ1) is 17.8. The molecule has 0 saturated carbocycles. The summed E-state index contributed by atoms with van der Waals surface area (Å²) >= 11 is 7.76. The number of aromatic nitrogens is 1. The molecular weight excluding hydrogens is 380 g/mol. The topological polar surface area (TPSA) is 51.2 Å². The highest BCUT2D eigenvalue weighted by atomic mass is 35.5. The van der Waals surface area contributed by atoms with Gasteiger partial charge >= 0.3 is 0 Å². The molecule has 27 heavy (non-hydrogen) atoms. The lowest BCUT2D eigenvalue weighted by Crippen LogP contribution is -2.21. The molecule has 2 heterocycles. The lowest BCUT2D eigenvalue weighted by Gasteiger charge is -2.06. The number of fused-ring (bicyclic) bond motifs is 3. The molecule has 0 saturated heterocycles. The number of carbonyl (C=O) groups excluding carboxylic acids is 1. The van der Waals surface area contributed by atoms with E-state index in [-0.39, 0.29) is 5.91 Å². The summed E-state index contributed by atoms with van der Waals surface area (Å²) in [7, 11) is 0. The highest BCUT2D eigenvalue weighted by Gasteiger charge is 2.15. The van der Waals surface area contributed by atoms with E-state index in [1.54, 1.807) is 0 Å². The van der Waals surface area contributed by atoms with Gasteiger partial charge in [-0.1, -0.05) is 41.9 Å². The monoisotopic (exact) mass is 396 g/mol. The summed E-state index contributed by atoms with van der Waals surface area (Å²) in [6.07, 6.45) is 0. The molecule has 0 atom stereocenters. The Balaban J connectivity index is 1.56. The molecule has 4 nitrogen and oxygen atoms in total. The number of nitrogens with zero attached hydrogens (tertiary/aromatic N) is 1. The number of pyridine rings is 1. The van der Waals surface area contributed by atoms with E-state index in [9.17, 15) is 4.79 Å².